The summed E-state index contributed by atoms with van der Waals surface area (Å²) < 4.78 is 10.0. The van der Waals surface area contributed by atoms with E-state index in [1.807, 2.05) is 0 Å². The summed E-state index contributed by atoms with van der Waals surface area (Å²) in [5.41, 5.74) is 0.773. The molecule has 100 valence electrons. The number of hydrogen-bond donors (Lipinski definition) is 1. The fourth-order valence-corrected chi connectivity index (χ4v) is 1.04. The van der Waals surface area contributed by atoms with Crippen molar-refractivity contribution in [3.05, 3.63) is 35.8 Å². The van der Waals surface area contributed by atoms with Gasteiger partial charge in [0.25, 0.3) is 0 Å². The van der Waals surface area contributed by atoms with E-state index in [0.717, 1.165) is 5.57 Å². The lowest BCUT2D eigenvalue weighted by atomic mass is 10.2. The highest BCUT2D eigenvalue weighted by Crippen LogP contribution is 2.07. The molecule has 1 N–H and O–H groups in total. The number of aldehydes is 1. The first-order chi connectivity index (χ1) is 8.54. The molecule has 0 aliphatic carbocycles. The molecule has 0 aliphatic rings. The highest BCUT2D eigenvalue weighted by atomic mass is 16.5. The number of carbonyl (C=O) groups excluding carboxylic acids is 2. The summed E-state index contributed by atoms with van der Waals surface area (Å²) in [5.74, 6) is 0.836. The van der Waals surface area contributed by atoms with Gasteiger partial charge in [-0.05, 0) is 13.0 Å². The summed E-state index contributed by atoms with van der Waals surface area (Å²) in [7, 11) is 3.06. The minimum atomic E-state index is -0.328. The van der Waals surface area contributed by atoms with E-state index in [-0.39, 0.29) is 18.9 Å². The minimum absolute atomic E-state index is 0.145. The van der Waals surface area contributed by atoms with Crippen molar-refractivity contribution < 1.29 is 19.1 Å². The molecular formula is C13H19NO4. The van der Waals surface area contributed by atoms with Crippen LogP contribution in [0, 0.1) is 0 Å². The predicted octanol–water partition coefficient (Wildman–Crippen LogP) is 1.33. The molecule has 0 unspecified atom stereocenters. The second-order valence-electron chi connectivity index (χ2n) is 3.44. The van der Waals surface area contributed by atoms with Crippen LogP contribution in [0.25, 0.3) is 0 Å². The zero-order valence-corrected chi connectivity index (χ0v) is 11.0. The lowest BCUT2D eigenvalue weighted by Crippen LogP contribution is -2.25. The van der Waals surface area contributed by atoms with E-state index in [2.05, 4.69) is 11.9 Å². The Bertz CT molecular complexity index is 369. The molecule has 0 saturated heterocycles. The molecule has 18 heavy (non-hydrogen) atoms. The molecule has 0 aromatic rings. The smallest absolute Gasteiger partial charge is 0.227 e. The Kier molecular flexibility index (Phi) is 8.01. The summed E-state index contributed by atoms with van der Waals surface area (Å²) in [6.07, 6.45) is 3.83. The topological polar surface area (TPSA) is 64.6 Å². The lowest BCUT2D eigenvalue weighted by molar-refractivity contribution is -0.123. The van der Waals surface area contributed by atoms with Gasteiger partial charge in [-0.25, -0.2) is 0 Å². The second-order valence-corrected chi connectivity index (χ2v) is 3.44. The average Bonchev–Trinajstić information content (AvgIpc) is 2.37. The molecule has 5 nitrogen and oxygen atoms in total. The third-order valence-electron chi connectivity index (χ3n) is 2.24. The quantitative estimate of drug-likeness (QED) is 0.307. The maximum absolute atomic E-state index is 11.2. The van der Waals surface area contributed by atoms with Gasteiger partial charge in [-0.2, -0.15) is 0 Å². The van der Waals surface area contributed by atoms with Crippen LogP contribution < -0.4 is 5.32 Å². The monoisotopic (exact) mass is 253 g/mol. The van der Waals surface area contributed by atoms with E-state index >= 15 is 0 Å². The van der Waals surface area contributed by atoms with Crippen molar-refractivity contribution in [2.45, 2.75) is 13.3 Å². The van der Waals surface area contributed by atoms with Crippen LogP contribution in [0.4, 0.5) is 0 Å². The molecule has 0 saturated carbocycles. The lowest BCUT2D eigenvalue weighted by Gasteiger charge is -2.09. The van der Waals surface area contributed by atoms with E-state index in [0.29, 0.717) is 17.8 Å². The molecule has 1 amide bonds. The third-order valence-corrected chi connectivity index (χ3v) is 2.24. The molecule has 0 aliphatic heterocycles. The van der Waals surface area contributed by atoms with Crippen molar-refractivity contribution in [2.24, 2.45) is 0 Å². The normalized spacial score (nSPS) is 11.7. The van der Waals surface area contributed by atoms with E-state index in [4.69, 9.17) is 9.47 Å². The van der Waals surface area contributed by atoms with Gasteiger partial charge in [0.1, 0.15) is 12.0 Å². The Balaban J connectivity index is 4.63. The maximum atomic E-state index is 11.2. The summed E-state index contributed by atoms with van der Waals surface area (Å²) in [5, 5.41) is 2.61. The SMILES string of the molecule is C=C(/C=C\C(CNC(=O)CC=O)=C(/C)OC)OC. The van der Waals surface area contributed by atoms with Gasteiger partial charge in [0.05, 0.1) is 26.4 Å². The van der Waals surface area contributed by atoms with Crippen molar-refractivity contribution in [3.63, 3.8) is 0 Å². The molecule has 0 bridgehead atoms. The van der Waals surface area contributed by atoms with Gasteiger partial charge in [0.2, 0.25) is 5.91 Å². The number of methoxy groups -OCH3 is 2. The molecule has 5 heteroatoms. The van der Waals surface area contributed by atoms with Crippen LogP contribution in [-0.2, 0) is 19.1 Å². The first-order valence-corrected chi connectivity index (χ1v) is 5.40. The third kappa shape index (κ3) is 6.52. The number of amides is 1. The number of nitrogens with one attached hydrogen (secondary N) is 1. The second kappa shape index (κ2) is 9.04. The number of ether oxygens (including phenoxy) is 2. The Morgan fingerprint density at radius 1 is 1.28 bits per heavy atom. The van der Waals surface area contributed by atoms with Gasteiger partial charge >= 0.3 is 0 Å². The Morgan fingerprint density at radius 3 is 2.44 bits per heavy atom. The maximum Gasteiger partial charge on any atom is 0.227 e. The van der Waals surface area contributed by atoms with Gasteiger partial charge < -0.3 is 19.6 Å². The number of carbonyl (C=O) groups is 2. The molecule has 0 fully saturated rings. The zero-order chi connectivity index (χ0) is 14.0. The van der Waals surface area contributed by atoms with E-state index in [1.54, 1.807) is 26.2 Å². The summed E-state index contributed by atoms with van der Waals surface area (Å²) in [4.78, 5) is 21.3. The molecule has 0 atom stereocenters. The van der Waals surface area contributed by atoms with Crippen LogP contribution in [-0.4, -0.2) is 33.0 Å². The fourth-order valence-electron chi connectivity index (χ4n) is 1.04. The molecular weight excluding hydrogens is 234 g/mol. The van der Waals surface area contributed by atoms with Crippen LogP contribution in [0.15, 0.2) is 35.8 Å². The summed E-state index contributed by atoms with van der Waals surface area (Å²) in [6, 6.07) is 0. The molecule has 0 aromatic carbocycles. The van der Waals surface area contributed by atoms with Gasteiger partial charge in [0, 0.05) is 12.1 Å². The molecule has 0 aromatic heterocycles. The van der Waals surface area contributed by atoms with Gasteiger partial charge in [-0.1, -0.05) is 12.7 Å². The number of rotatable bonds is 8. The van der Waals surface area contributed by atoms with Crippen molar-refractivity contribution in [1.82, 2.24) is 5.32 Å². The van der Waals surface area contributed by atoms with E-state index < -0.39 is 0 Å². The summed E-state index contributed by atoms with van der Waals surface area (Å²) in [6.45, 7) is 5.71. The number of allylic oxidation sites excluding steroid dienone is 2. The van der Waals surface area contributed by atoms with Gasteiger partial charge in [0.15, 0.2) is 0 Å². The number of hydrogen-bond acceptors (Lipinski definition) is 4. The van der Waals surface area contributed by atoms with Crippen LogP contribution in [0.1, 0.15) is 13.3 Å². The Morgan fingerprint density at radius 2 is 1.94 bits per heavy atom. The highest BCUT2D eigenvalue weighted by molar-refractivity contribution is 5.88. The van der Waals surface area contributed by atoms with Crippen molar-refractivity contribution in [2.75, 3.05) is 20.8 Å². The molecule has 0 spiro atoms. The zero-order valence-electron chi connectivity index (χ0n) is 11.0. The first kappa shape index (κ1) is 16.0. The highest BCUT2D eigenvalue weighted by Gasteiger charge is 2.04. The van der Waals surface area contributed by atoms with E-state index in [9.17, 15) is 9.59 Å². The van der Waals surface area contributed by atoms with Crippen LogP contribution in [0.3, 0.4) is 0 Å². The van der Waals surface area contributed by atoms with Crippen molar-refractivity contribution in [3.8, 4) is 0 Å². The first-order valence-electron chi connectivity index (χ1n) is 5.40. The van der Waals surface area contributed by atoms with Crippen molar-refractivity contribution in [1.29, 1.82) is 0 Å². The molecule has 0 radical (unpaired) electrons. The predicted molar refractivity (Wildman–Crippen MR) is 68.7 cm³/mol. The minimum Gasteiger partial charge on any atom is -0.501 e. The fraction of sp³-hybridized carbons (Fsp3) is 0.385. The van der Waals surface area contributed by atoms with Crippen molar-refractivity contribution >= 4 is 12.2 Å². The van der Waals surface area contributed by atoms with E-state index in [1.165, 1.54) is 7.11 Å². The van der Waals surface area contributed by atoms with Crippen LogP contribution in [0.5, 0.6) is 0 Å². The standard InChI is InChI=1S/C13H19NO4/c1-10(17-3)5-6-12(11(2)18-4)9-14-13(16)7-8-15/h5-6,8H,1,7,9H2,2-4H3,(H,14,16)/b6-5-,12-11-. The van der Waals surface area contributed by atoms with Gasteiger partial charge in [-0.15, -0.1) is 0 Å². The van der Waals surface area contributed by atoms with Crippen LogP contribution >= 0.6 is 0 Å². The average molecular weight is 253 g/mol. The molecule has 0 rings (SSSR count). The Hall–Kier alpha value is -2.04. The summed E-state index contributed by atoms with van der Waals surface area (Å²) >= 11 is 0. The van der Waals surface area contributed by atoms with Gasteiger partial charge in [-0.3, -0.25) is 4.79 Å². The Labute approximate surface area is 107 Å². The van der Waals surface area contributed by atoms with Crippen LogP contribution in [0.2, 0.25) is 0 Å². The largest absolute Gasteiger partial charge is 0.501 e. The molecule has 0 heterocycles.